The molecule has 1 aliphatic carbocycles. The Morgan fingerprint density at radius 1 is 1.44 bits per heavy atom. The van der Waals surface area contributed by atoms with Gasteiger partial charge in [0.1, 0.15) is 17.4 Å². The fourth-order valence-corrected chi connectivity index (χ4v) is 3.64. The molecule has 0 radical (unpaired) electrons. The van der Waals surface area contributed by atoms with Gasteiger partial charge in [-0.1, -0.05) is 19.9 Å². The molecule has 1 aromatic carbocycles. The van der Waals surface area contributed by atoms with E-state index in [1.54, 1.807) is 12.1 Å². The van der Waals surface area contributed by atoms with E-state index in [1.807, 2.05) is 13.0 Å². The Hall–Kier alpha value is -2.61. The summed E-state index contributed by atoms with van der Waals surface area (Å²) in [7, 11) is 0. The van der Waals surface area contributed by atoms with Gasteiger partial charge in [-0.05, 0) is 48.4 Å². The van der Waals surface area contributed by atoms with Gasteiger partial charge in [-0.25, -0.2) is 0 Å². The third-order valence-electron chi connectivity index (χ3n) is 4.94. The normalized spacial score (nSPS) is 22.1. The number of nitriles is 1. The minimum Gasteiger partial charge on any atom is -0.504 e. The number of phenolic OH excluding ortho intramolecular Hbond substituents is 1. The second kappa shape index (κ2) is 6.36. The van der Waals surface area contributed by atoms with Crippen LogP contribution in [0, 0.1) is 16.7 Å². The van der Waals surface area contributed by atoms with Crippen molar-refractivity contribution in [1.29, 1.82) is 5.26 Å². The molecule has 0 fully saturated rings. The van der Waals surface area contributed by atoms with Crippen molar-refractivity contribution < 1.29 is 14.6 Å². The van der Waals surface area contributed by atoms with E-state index in [9.17, 15) is 10.4 Å². The molecule has 5 nitrogen and oxygen atoms in total. The summed E-state index contributed by atoms with van der Waals surface area (Å²) in [5, 5.41) is 19.9. The van der Waals surface area contributed by atoms with Crippen molar-refractivity contribution >= 4 is 0 Å². The third kappa shape index (κ3) is 3.17. The van der Waals surface area contributed by atoms with Crippen LogP contribution in [0.2, 0.25) is 0 Å². The first-order valence-electron chi connectivity index (χ1n) is 8.61. The van der Waals surface area contributed by atoms with E-state index >= 15 is 0 Å². The van der Waals surface area contributed by atoms with E-state index in [2.05, 4.69) is 19.9 Å². The Labute approximate surface area is 148 Å². The molecule has 132 valence electrons. The smallest absolute Gasteiger partial charge is 0.205 e. The summed E-state index contributed by atoms with van der Waals surface area (Å²) in [6.07, 6.45) is 2.66. The van der Waals surface area contributed by atoms with Gasteiger partial charge >= 0.3 is 0 Å². The van der Waals surface area contributed by atoms with E-state index in [0.717, 1.165) is 36.2 Å². The molecule has 1 atom stereocenters. The van der Waals surface area contributed by atoms with E-state index in [-0.39, 0.29) is 23.0 Å². The molecule has 0 bridgehead atoms. The van der Waals surface area contributed by atoms with Gasteiger partial charge in [0.2, 0.25) is 5.88 Å². The number of rotatable bonds is 3. The van der Waals surface area contributed by atoms with Gasteiger partial charge in [0, 0.05) is 12.3 Å². The van der Waals surface area contributed by atoms with Crippen LogP contribution in [0.25, 0.3) is 0 Å². The van der Waals surface area contributed by atoms with Gasteiger partial charge in [-0.2, -0.15) is 5.26 Å². The third-order valence-corrected chi connectivity index (χ3v) is 4.94. The largest absolute Gasteiger partial charge is 0.504 e. The van der Waals surface area contributed by atoms with Crippen LogP contribution >= 0.6 is 0 Å². The van der Waals surface area contributed by atoms with E-state index in [1.165, 1.54) is 0 Å². The number of hydrogen-bond donors (Lipinski definition) is 2. The summed E-state index contributed by atoms with van der Waals surface area (Å²) >= 11 is 0. The SMILES string of the molecule is CCOc1ccc([C@H]2C(C#N)=C(N)OC3=C2CCC(C)(C)C3)cc1O. The summed E-state index contributed by atoms with van der Waals surface area (Å²) in [6, 6.07) is 7.48. The molecule has 5 heteroatoms. The van der Waals surface area contributed by atoms with Gasteiger partial charge in [0.15, 0.2) is 11.5 Å². The molecule has 0 spiro atoms. The Bertz CT molecular complexity index is 800. The number of aromatic hydroxyl groups is 1. The van der Waals surface area contributed by atoms with Crippen LogP contribution in [0.15, 0.2) is 41.0 Å². The average Bonchev–Trinajstić information content (AvgIpc) is 2.54. The average molecular weight is 340 g/mol. The Morgan fingerprint density at radius 2 is 2.20 bits per heavy atom. The first-order chi connectivity index (χ1) is 11.9. The Morgan fingerprint density at radius 3 is 2.84 bits per heavy atom. The van der Waals surface area contributed by atoms with E-state index < -0.39 is 0 Å². The minimum absolute atomic E-state index is 0.0694. The van der Waals surface area contributed by atoms with Gasteiger partial charge < -0.3 is 20.3 Å². The lowest BCUT2D eigenvalue weighted by Gasteiger charge is -2.38. The molecule has 3 N–H and O–H groups in total. The van der Waals surface area contributed by atoms with E-state index in [0.29, 0.717) is 17.9 Å². The monoisotopic (exact) mass is 340 g/mol. The second-order valence-corrected chi connectivity index (χ2v) is 7.37. The minimum atomic E-state index is -0.272. The van der Waals surface area contributed by atoms with Crippen molar-refractivity contribution in [1.82, 2.24) is 0 Å². The van der Waals surface area contributed by atoms with Crippen LogP contribution in [0.4, 0.5) is 0 Å². The maximum Gasteiger partial charge on any atom is 0.205 e. The van der Waals surface area contributed by atoms with Gasteiger partial charge in [-0.15, -0.1) is 0 Å². The molecule has 1 aromatic rings. The predicted molar refractivity (Wildman–Crippen MR) is 94.6 cm³/mol. The fourth-order valence-electron chi connectivity index (χ4n) is 3.64. The van der Waals surface area contributed by atoms with Gasteiger partial charge in [0.05, 0.1) is 6.61 Å². The van der Waals surface area contributed by atoms with E-state index in [4.69, 9.17) is 15.2 Å². The van der Waals surface area contributed by atoms with Crippen LogP contribution in [-0.2, 0) is 4.74 Å². The highest BCUT2D eigenvalue weighted by molar-refractivity contribution is 5.53. The standard InChI is InChI=1S/C20H24N2O3/c1-4-24-16-6-5-12(9-15(16)23)18-13-7-8-20(2,3)10-17(13)25-19(22)14(18)11-21/h5-6,9,18,23H,4,7-8,10,22H2,1-3H3/t18-/m1/s1. The summed E-state index contributed by atoms with van der Waals surface area (Å²) in [4.78, 5) is 0. The molecular formula is C20H24N2O3. The van der Waals surface area contributed by atoms with Gasteiger partial charge in [-0.3, -0.25) is 0 Å². The zero-order chi connectivity index (χ0) is 18.2. The number of phenols is 1. The van der Waals surface area contributed by atoms with Crippen LogP contribution < -0.4 is 10.5 Å². The number of hydrogen-bond acceptors (Lipinski definition) is 5. The molecule has 0 saturated heterocycles. The van der Waals surface area contributed by atoms with Crippen molar-refractivity contribution in [3.63, 3.8) is 0 Å². The number of ether oxygens (including phenoxy) is 2. The summed E-state index contributed by atoms with van der Waals surface area (Å²) < 4.78 is 11.2. The first-order valence-corrected chi connectivity index (χ1v) is 8.61. The zero-order valence-corrected chi connectivity index (χ0v) is 14.9. The summed E-state index contributed by atoms with van der Waals surface area (Å²) in [6.45, 7) is 6.75. The molecule has 0 aromatic heterocycles. The molecule has 1 heterocycles. The number of nitrogens with two attached hydrogens (primary N) is 1. The predicted octanol–water partition coefficient (Wildman–Crippen LogP) is 4.06. The fraction of sp³-hybridized carbons (Fsp3) is 0.450. The second-order valence-electron chi connectivity index (χ2n) is 7.37. The Kier molecular flexibility index (Phi) is 4.38. The summed E-state index contributed by atoms with van der Waals surface area (Å²) in [5.74, 6) is 1.27. The highest BCUT2D eigenvalue weighted by Crippen LogP contribution is 2.50. The first kappa shape index (κ1) is 17.2. The molecule has 2 aliphatic rings. The molecule has 0 unspecified atom stereocenters. The maximum absolute atomic E-state index is 10.3. The zero-order valence-electron chi connectivity index (χ0n) is 14.9. The molecule has 3 rings (SSSR count). The van der Waals surface area contributed by atoms with Gasteiger partial charge in [0.25, 0.3) is 0 Å². The van der Waals surface area contributed by atoms with Crippen LogP contribution in [0.3, 0.4) is 0 Å². The number of nitrogens with zero attached hydrogens (tertiary/aromatic N) is 1. The quantitative estimate of drug-likeness (QED) is 0.866. The Balaban J connectivity index is 2.07. The number of allylic oxidation sites excluding steroid dienone is 3. The van der Waals surface area contributed by atoms with Crippen molar-refractivity contribution in [3.05, 3.63) is 46.6 Å². The lowest BCUT2D eigenvalue weighted by molar-refractivity contribution is 0.189. The van der Waals surface area contributed by atoms with Crippen molar-refractivity contribution in [2.75, 3.05) is 6.61 Å². The topological polar surface area (TPSA) is 88.5 Å². The molecule has 0 saturated carbocycles. The van der Waals surface area contributed by atoms with Crippen LogP contribution in [0.1, 0.15) is 51.5 Å². The van der Waals surface area contributed by atoms with Crippen molar-refractivity contribution in [2.24, 2.45) is 11.1 Å². The molecule has 1 aliphatic heterocycles. The van der Waals surface area contributed by atoms with Crippen molar-refractivity contribution in [2.45, 2.75) is 46.0 Å². The summed E-state index contributed by atoms with van der Waals surface area (Å²) in [5.41, 5.74) is 8.52. The lowest BCUT2D eigenvalue weighted by atomic mass is 9.71. The van der Waals surface area contributed by atoms with Crippen LogP contribution in [-0.4, -0.2) is 11.7 Å². The highest BCUT2D eigenvalue weighted by atomic mass is 16.5. The highest BCUT2D eigenvalue weighted by Gasteiger charge is 2.38. The molecule has 25 heavy (non-hydrogen) atoms. The van der Waals surface area contributed by atoms with Crippen molar-refractivity contribution in [3.8, 4) is 17.6 Å². The van der Waals surface area contributed by atoms with Crippen LogP contribution in [0.5, 0.6) is 11.5 Å². The molecule has 0 amide bonds. The lowest BCUT2D eigenvalue weighted by Crippen LogP contribution is -2.28. The maximum atomic E-state index is 10.3. The number of benzene rings is 1. The molecular weight excluding hydrogens is 316 g/mol.